The van der Waals surface area contributed by atoms with Gasteiger partial charge in [-0.15, -0.1) is 0 Å². The molecule has 0 spiro atoms. The number of nitrogens with two attached hydrogens (primary N) is 2. The predicted molar refractivity (Wildman–Crippen MR) is 67.9 cm³/mol. The maximum Gasteiger partial charge on any atom is 0.0397 e. The number of rotatable bonds is 10. The van der Waals surface area contributed by atoms with Crippen molar-refractivity contribution in [2.75, 3.05) is 26.2 Å². The van der Waals surface area contributed by atoms with Gasteiger partial charge in [-0.2, -0.15) is 0 Å². The Kier molecular flexibility index (Phi) is 12.6. The monoisotopic (exact) mass is 212 g/mol. The minimum atomic E-state index is 0.727. The van der Waals surface area contributed by atoms with E-state index in [1.807, 2.05) is 12.4 Å². The van der Waals surface area contributed by atoms with Crippen molar-refractivity contribution < 1.29 is 0 Å². The van der Waals surface area contributed by atoms with E-state index in [9.17, 15) is 0 Å². The summed E-state index contributed by atoms with van der Waals surface area (Å²) in [4.78, 5) is 8.48. The van der Waals surface area contributed by atoms with Crippen LogP contribution in [-0.4, -0.2) is 38.6 Å². The SMILES string of the molecule is NCCCN=CCCCC=NCCCN. The highest BCUT2D eigenvalue weighted by Gasteiger charge is 1.83. The fraction of sp³-hybridized carbons (Fsp3) is 0.818. The molecule has 4 nitrogen and oxygen atoms in total. The Balaban J connectivity index is 3.10. The summed E-state index contributed by atoms with van der Waals surface area (Å²) < 4.78 is 0. The zero-order valence-electron chi connectivity index (χ0n) is 9.57. The second-order valence-electron chi connectivity index (χ2n) is 3.39. The minimum Gasteiger partial charge on any atom is -0.330 e. The third-order valence-corrected chi connectivity index (χ3v) is 1.91. The van der Waals surface area contributed by atoms with Crippen LogP contribution in [0.2, 0.25) is 0 Å². The van der Waals surface area contributed by atoms with Gasteiger partial charge in [0.2, 0.25) is 0 Å². The first kappa shape index (κ1) is 14.3. The van der Waals surface area contributed by atoms with E-state index in [1.165, 1.54) is 0 Å². The van der Waals surface area contributed by atoms with Crippen molar-refractivity contribution >= 4 is 12.4 Å². The summed E-state index contributed by atoms with van der Waals surface area (Å²) in [6.45, 7) is 3.18. The van der Waals surface area contributed by atoms with Crippen molar-refractivity contribution in [3.8, 4) is 0 Å². The lowest BCUT2D eigenvalue weighted by Crippen LogP contribution is -2.00. The molecule has 4 heteroatoms. The van der Waals surface area contributed by atoms with Crippen molar-refractivity contribution in [3.63, 3.8) is 0 Å². The lowest BCUT2D eigenvalue weighted by atomic mass is 10.2. The van der Waals surface area contributed by atoms with Crippen molar-refractivity contribution in [3.05, 3.63) is 0 Å². The molecule has 0 aromatic rings. The van der Waals surface area contributed by atoms with Gasteiger partial charge in [0.1, 0.15) is 0 Å². The Bertz CT molecular complexity index is 148. The Morgan fingerprint density at radius 3 is 1.60 bits per heavy atom. The Morgan fingerprint density at radius 2 is 1.20 bits per heavy atom. The summed E-state index contributed by atoms with van der Waals surface area (Å²) in [6, 6.07) is 0. The first-order valence-corrected chi connectivity index (χ1v) is 5.78. The van der Waals surface area contributed by atoms with Crippen LogP contribution in [0, 0.1) is 0 Å². The second kappa shape index (κ2) is 13.3. The lowest BCUT2D eigenvalue weighted by molar-refractivity contribution is 0.835. The summed E-state index contributed by atoms with van der Waals surface area (Å²) >= 11 is 0. The van der Waals surface area contributed by atoms with Crippen LogP contribution in [0.3, 0.4) is 0 Å². The number of unbranched alkanes of at least 4 members (excludes halogenated alkanes) is 2. The van der Waals surface area contributed by atoms with E-state index in [1.54, 1.807) is 0 Å². The molecule has 0 fully saturated rings. The summed E-state index contributed by atoms with van der Waals surface area (Å²) in [5.74, 6) is 0. The van der Waals surface area contributed by atoms with Gasteiger partial charge in [0.25, 0.3) is 0 Å². The standard InChI is InChI=1S/C11H24N4/c12-6-4-10-14-8-2-1-3-9-15-11-5-7-13/h8-9H,1-7,10-13H2. The van der Waals surface area contributed by atoms with Crippen molar-refractivity contribution in [1.29, 1.82) is 0 Å². The molecule has 0 atom stereocenters. The molecule has 0 bridgehead atoms. The van der Waals surface area contributed by atoms with Crippen LogP contribution in [0.25, 0.3) is 0 Å². The highest BCUT2D eigenvalue weighted by molar-refractivity contribution is 5.60. The molecular weight excluding hydrogens is 188 g/mol. The highest BCUT2D eigenvalue weighted by Crippen LogP contribution is 1.91. The topological polar surface area (TPSA) is 76.8 Å². The second-order valence-corrected chi connectivity index (χ2v) is 3.39. The smallest absolute Gasteiger partial charge is 0.0397 e. The first-order chi connectivity index (χ1) is 7.41. The molecular formula is C11H24N4. The van der Waals surface area contributed by atoms with Gasteiger partial charge in [-0.25, -0.2) is 0 Å². The molecule has 0 amide bonds. The van der Waals surface area contributed by atoms with Gasteiger partial charge in [-0.05, 0) is 57.6 Å². The van der Waals surface area contributed by atoms with Gasteiger partial charge in [-0.1, -0.05) is 0 Å². The Morgan fingerprint density at radius 1 is 0.733 bits per heavy atom. The summed E-state index contributed by atoms with van der Waals surface area (Å²) in [6.07, 6.45) is 9.14. The van der Waals surface area contributed by atoms with Gasteiger partial charge in [0.15, 0.2) is 0 Å². The Hall–Kier alpha value is -0.740. The van der Waals surface area contributed by atoms with Crippen LogP contribution >= 0.6 is 0 Å². The molecule has 0 saturated heterocycles. The van der Waals surface area contributed by atoms with Crippen molar-refractivity contribution in [2.45, 2.75) is 32.1 Å². The van der Waals surface area contributed by atoms with Crippen LogP contribution in [0.4, 0.5) is 0 Å². The molecule has 0 saturated carbocycles. The van der Waals surface area contributed by atoms with E-state index in [0.717, 1.165) is 58.3 Å². The third kappa shape index (κ3) is 13.3. The number of hydrogen-bond donors (Lipinski definition) is 2. The summed E-state index contributed by atoms with van der Waals surface area (Å²) in [5, 5.41) is 0. The molecule has 0 aliphatic carbocycles. The fourth-order valence-corrected chi connectivity index (χ4v) is 1.03. The molecule has 0 aliphatic rings. The predicted octanol–water partition coefficient (Wildman–Crippen LogP) is 0.996. The molecule has 0 rings (SSSR count). The maximum atomic E-state index is 5.35. The highest BCUT2D eigenvalue weighted by atomic mass is 14.7. The van der Waals surface area contributed by atoms with E-state index in [2.05, 4.69) is 9.98 Å². The van der Waals surface area contributed by atoms with Gasteiger partial charge < -0.3 is 11.5 Å². The quantitative estimate of drug-likeness (QED) is 0.418. The molecule has 0 heterocycles. The molecule has 4 N–H and O–H groups in total. The molecule has 0 aromatic carbocycles. The van der Waals surface area contributed by atoms with Gasteiger partial charge >= 0.3 is 0 Å². The largest absolute Gasteiger partial charge is 0.330 e. The van der Waals surface area contributed by atoms with E-state index in [0.29, 0.717) is 0 Å². The molecule has 0 aromatic heterocycles. The third-order valence-electron chi connectivity index (χ3n) is 1.91. The molecule has 88 valence electrons. The zero-order chi connectivity index (χ0) is 11.2. The molecule has 0 unspecified atom stereocenters. The summed E-state index contributed by atoms with van der Waals surface area (Å²) in [5.41, 5.74) is 10.7. The van der Waals surface area contributed by atoms with E-state index >= 15 is 0 Å². The van der Waals surface area contributed by atoms with Crippen LogP contribution in [-0.2, 0) is 0 Å². The van der Waals surface area contributed by atoms with Crippen LogP contribution in [0.1, 0.15) is 32.1 Å². The van der Waals surface area contributed by atoms with Crippen LogP contribution < -0.4 is 11.5 Å². The lowest BCUT2D eigenvalue weighted by Gasteiger charge is -1.92. The normalized spacial score (nSPS) is 11.9. The first-order valence-electron chi connectivity index (χ1n) is 5.78. The Labute approximate surface area is 92.9 Å². The fourth-order valence-electron chi connectivity index (χ4n) is 1.03. The number of aliphatic imine (C=N–C) groups is 2. The maximum absolute atomic E-state index is 5.35. The number of hydrogen-bond acceptors (Lipinski definition) is 4. The molecule has 0 aliphatic heterocycles. The van der Waals surface area contributed by atoms with Crippen LogP contribution in [0.5, 0.6) is 0 Å². The van der Waals surface area contributed by atoms with Gasteiger partial charge in [-0.3, -0.25) is 9.98 Å². The molecule has 15 heavy (non-hydrogen) atoms. The average molecular weight is 212 g/mol. The molecule has 0 radical (unpaired) electrons. The van der Waals surface area contributed by atoms with E-state index in [-0.39, 0.29) is 0 Å². The van der Waals surface area contributed by atoms with Gasteiger partial charge in [0, 0.05) is 13.1 Å². The van der Waals surface area contributed by atoms with E-state index < -0.39 is 0 Å². The van der Waals surface area contributed by atoms with E-state index in [4.69, 9.17) is 11.5 Å². The van der Waals surface area contributed by atoms with Gasteiger partial charge in [0.05, 0.1) is 0 Å². The summed E-state index contributed by atoms with van der Waals surface area (Å²) in [7, 11) is 0. The van der Waals surface area contributed by atoms with Crippen molar-refractivity contribution in [1.82, 2.24) is 0 Å². The minimum absolute atomic E-state index is 0.727. The zero-order valence-corrected chi connectivity index (χ0v) is 9.57. The average Bonchev–Trinajstić information content (AvgIpc) is 2.26. The number of nitrogens with zero attached hydrogens (tertiary/aromatic N) is 2. The van der Waals surface area contributed by atoms with Crippen molar-refractivity contribution in [2.24, 2.45) is 21.5 Å². The van der Waals surface area contributed by atoms with Crippen LogP contribution in [0.15, 0.2) is 9.98 Å².